The van der Waals surface area contributed by atoms with Crippen molar-refractivity contribution in [1.82, 2.24) is 15.1 Å². The van der Waals surface area contributed by atoms with E-state index in [1.165, 1.54) is 4.90 Å². The number of carbonyl (C=O) groups is 3. The van der Waals surface area contributed by atoms with Crippen LogP contribution in [0.25, 0.3) is 0 Å². The van der Waals surface area contributed by atoms with Crippen molar-refractivity contribution in [2.75, 3.05) is 26.2 Å². The lowest BCUT2D eigenvalue weighted by molar-refractivity contribution is -0.147. The van der Waals surface area contributed by atoms with Crippen molar-refractivity contribution in [2.45, 2.75) is 26.3 Å². The average Bonchev–Trinajstić information content (AvgIpc) is 2.37. The van der Waals surface area contributed by atoms with Gasteiger partial charge in [0.05, 0.1) is 0 Å². The molecule has 1 saturated heterocycles. The molecule has 1 N–H and O–H groups in total. The Kier molecular flexibility index (Phi) is 4.93. The molecule has 6 heteroatoms. The number of nitrogens with one attached hydrogen (secondary N) is 1. The number of nitrogens with zero attached hydrogens (tertiary/aromatic N) is 2. The highest BCUT2D eigenvalue weighted by Crippen LogP contribution is 2.00. The molecule has 1 aliphatic rings. The molecule has 0 aromatic carbocycles. The molecule has 0 saturated carbocycles. The smallest absolute Gasteiger partial charge is 0.312 e. The molecule has 1 heterocycles. The van der Waals surface area contributed by atoms with E-state index in [-0.39, 0.29) is 6.04 Å². The largest absolute Gasteiger partial charge is 0.345 e. The normalized spacial score (nSPS) is 17.5. The van der Waals surface area contributed by atoms with Gasteiger partial charge in [0.15, 0.2) is 0 Å². The highest BCUT2D eigenvalue weighted by Gasteiger charge is 2.25. The van der Waals surface area contributed by atoms with Crippen LogP contribution in [0.15, 0.2) is 0 Å². The summed E-state index contributed by atoms with van der Waals surface area (Å²) in [6, 6.07) is 0.00251. The van der Waals surface area contributed by atoms with Crippen LogP contribution in [0.4, 0.5) is 0 Å². The molecule has 1 rings (SSSR count). The van der Waals surface area contributed by atoms with Crippen LogP contribution in [-0.2, 0) is 14.4 Å². The molecule has 0 bridgehead atoms. The zero-order valence-corrected chi connectivity index (χ0v) is 10.3. The van der Waals surface area contributed by atoms with Gasteiger partial charge < -0.3 is 15.1 Å². The number of amides is 3. The fourth-order valence-electron chi connectivity index (χ4n) is 1.56. The van der Waals surface area contributed by atoms with Crippen LogP contribution in [0.3, 0.4) is 0 Å². The zero-order valence-electron chi connectivity index (χ0n) is 10.3. The summed E-state index contributed by atoms with van der Waals surface area (Å²) < 4.78 is 0. The maximum absolute atomic E-state index is 11.8. The summed E-state index contributed by atoms with van der Waals surface area (Å²) in [5, 5.41) is 2.64. The quantitative estimate of drug-likeness (QED) is 0.519. The van der Waals surface area contributed by atoms with Crippen molar-refractivity contribution >= 4 is 18.2 Å². The Morgan fingerprint density at radius 3 is 2.35 bits per heavy atom. The first kappa shape index (κ1) is 13.5. The first-order valence-corrected chi connectivity index (χ1v) is 5.87. The third kappa shape index (κ3) is 3.72. The van der Waals surface area contributed by atoms with Gasteiger partial charge in [-0.1, -0.05) is 6.92 Å². The molecule has 0 aromatic rings. The van der Waals surface area contributed by atoms with Gasteiger partial charge in [0.1, 0.15) is 0 Å². The van der Waals surface area contributed by atoms with Crippen LogP contribution in [-0.4, -0.2) is 60.2 Å². The van der Waals surface area contributed by atoms with Crippen LogP contribution < -0.4 is 5.32 Å². The van der Waals surface area contributed by atoms with Crippen molar-refractivity contribution in [3.8, 4) is 0 Å². The molecule has 96 valence electrons. The molecule has 0 aromatic heterocycles. The minimum Gasteiger partial charge on any atom is -0.345 e. The monoisotopic (exact) mass is 241 g/mol. The molecule has 0 spiro atoms. The Balaban J connectivity index is 2.43. The standard InChI is InChI=1S/C11H19N3O3/c1-3-9(2)12-10(16)11(17)14-6-4-13(8-15)5-7-14/h8-9H,3-7H2,1-2H3,(H,12,16). The number of hydrogen-bond acceptors (Lipinski definition) is 3. The van der Waals surface area contributed by atoms with E-state index in [1.807, 2.05) is 13.8 Å². The van der Waals surface area contributed by atoms with Crippen molar-refractivity contribution in [3.05, 3.63) is 0 Å². The van der Waals surface area contributed by atoms with Gasteiger partial charge >= 0.3 is 11.8 Å². The Morgan fingerprint density at radius 2 is 1.88 bits per heavy atom. The predicted molar refractivity (Wildman–Crippen MR) is 62.1 cm³/mol. The first-order valence-electron chi connectivity index (χ1n) is 5.87. The fourth-order valence-corrected chi connectivity index (χ4v) is 1.56. The van der Waals surface area contributed by atoms with Crippen LogP contribution in [0.2, 0.25) is 0 Å². The predicted octanol–water partition coefficient (Wildman–Crippen LogP) is -0.798. The maximum Gasteiger partial charge on any atom is 0.312 e. The number of piperazine rings is 1. The molecule has 6 nitrogen and oxygen atoms in total. The van der Waals surface area contributed by atoms with Crippen molar-refractivity contribution in [3.63, 3.8) is 0 Å². The molecule has 3 amide bonds. The lowest BCUT2D eigenvalue weighted by Crippen LogP contribution is -2.53. The summed E-state index contributed by atoms with van der Waals surface area (Å²) in [7, 11) is 0. The van der Waals surface area contributed by atoms with Crippen molar-refractivity contribution in [1.29, 1.82) is 0 Å². The fraction of sp³-hybridized carbons (Fsp3) is 0.727. The first-order chi connectivity index (χ1) is 8.08. The van der Waals surface area contributed by atoms with E-state index in [0.29, 0.717) is 26.2 Å². The lowest BCUT2D eigenvalue weighted by atomic mass is 10.2. The minimum absolute atomic E-state index is 0.00251. The summed E-state index contributed by atoms with van der Waals surface area (Å²) >= 11 is 0. The second kappa shape index (κ2) is 6.22. The van der Waals surface area contributed by atoms with Crippen LogP contribution in [0, 0.1) is 0 Å². The van der Waals surface area contributed by atoms with Gasteiger partial charge in [-0.25, -0.2) is 0 Å². The van der Waals surface area contributed by atoms with E-state index in [9.17, 15) is 14.4 Å². The second-order valence-corrected chi connectivity index (χ2v) is 4.22. The van der Waals surface area contributed by atoms with Gasteiger partial charge in [-0.2, -0.15) is 0 Å². The van der Waals surface area contributed by atoms with Crippen molar-refractivity contribution in [2.24, 2.45) is 0 Å². The molecule has 0 radical (unpaired) electrons. The second-order valence-electron chi connectivity index (χ2n) is 4.22. The molecule has 1 fully saturated rings. The van der Waals surface area contributed by atoms with E-state index < -0.39 is 11.8 Å². The van der Waals surface area contributed by atoms with E-state index in [2.05, 4.69) is 5.32 Å². The molecule has 1 unspecified atom stereocenters. The maximum atomic E-state index is 11.8. The minimum atomic E-state index is -0.557. The van der Waals surface area contributed by atoms with Crippen molar-refractivity contribution < 1.29 is 14.4 Å². The summed E-state index contributed by atoms with van der Waals surface area (Å²) in [6.07, 6.45) is 1.55. The molecular formula is C11H19N3O3. The van der Waals surface area contributed by atoms with Gasteiger partial charge in [0.25, 0.3) is 0 Å². The molecule has 1 aliphatic heterocycles. The SMILES string of the molecule is CCC(C)NC(=O)C(=O)N1CCN(C=O)CC1. The van der Waals surface area contributed by atoms with E-state index in [0.717, 1.165) is 12.8 Å². The highest BCUT2D eigenvalue weighted by molar-refractivity contribution is 6.35. The van der Waals surface area contributed by atoms with E-state index >= 15 is 0 Å². The average molecular weight is 241 g/mol. The molecule has 17 heavy (non-hydrogen) atoms. The van der Waals surface area contributed by atoms with Crippen LogP contribution >= 0.6 is 0 Å². The van der Waals surface area contributed by atoms with Gasteiger partial charge in [-0.3, -0.25) is 14.4 Å². The number of hydrogen-bond donors (Lipinski definition) is 1. The van der Waals surface area contributed by atoms with Gasteiger partial charge in [-0.15, -0.1) is 0 Å². The third-order valence-electron chi connectivity index (χ3n) is 2.93. The van der Waals surface area contributed by atoms with E-state index in [1.54, 1.807) is 4.90 Å². The summed E-state index contributed by atoms with van der Waals surface area (Å²) in [6.45, 7) is 5.63. The Labute approximate surface area is 101 Å². The molecular weight excluding hydrogens is 222 g/mol. The Bertz CT molecular complexity index is 298. The van der Waals surface area contributed by atoms with Gasteiger partial charge in [-0.05, 0) is 13.3 Å². The zero-order chi connectivity index (χ0) is 12.8. The van der Waals surface area contributed by atoms with Gasteiger partial charge in [0, 0.05) is 32.2 Å². The number of carbonyl (C=O) groups excluding carboxylic acids is 3. The van der Waals surface area contributed by atoms with E-state index in [4.69, 9.17) is 0 Å². The Hall–Kier alpha value is -1.59. The molecule has 1 atom stereocenters. The van der Waals surface area contributed by atoms with Crippen LogP contribution in [0.1, 0.15) is 20.3 Å². The lowest BCUT2D eigenvalue weighted by Gasteiger charge is -2.32. The van der Waals surface area contributed by atoms with Gasteiger partial charge in [0.2, 0.25) is 6.41 Å². The van der Waals surface area contributed by atoms with Crippen LogP contribution in [0.5, 0.6) is 0 Å². The summed E-state index contributed by atoms with van der Waals surface area (Å²) in [5.41, 5.74) is 0. The highest BCUT2D eigenvalue weighted by atomic mass is 16.2. The molecule has 0 aliphatic carbocycles. The summed E-state index contributed by atoms with van der Waals surface area (Å²) in [4.78, 5) is 36.9. The number of rotatable bonds is 3. The Morgan fingerprint density at radius 1 is 1.29 bits per heavy atom. The summed E-state index contributed by atoms with van der Waals surface area (Å²) in [5.74, 6) is -1.06. The third-order valence-corrected chi connectivity index (χ3v) is 2.93. The topological polar surface area (TPSA) is 69.7 Å².